The minimum Gasteiger partial charge on any atom is -0.378 e. The largest absolute Gasteiger partial charge is 0.378 e. The fourth-order valence-corrected chi connectivity index (χ4v) is 4.39. The van der Waals surface area contributed by atoms with E-state index in [0.717, 1.165) is 68.6 Å². The highest BCUT2D eigenvalue weighted by Crippen LogP contribution is 2.28. The van der Waals surface area contributed by atoms with Crippen LogP contribution in [-0.4, -0.2) is 50.3 Å². The molecule has 2 aromatic rings. The zero-order valence-electron chi connectivity index (χ0n) is 14.7. The summed E-state index contributed by atoms with van der Waals surface area (Å²) in [4.78, 5) is 19.4. The van der Waals surface area contributed by atoms with Gasteiger partial charge in [-0.25, -0.2) is 4.98 Å². The summed E-state index contributed by atoms with van der Waals surface area (Å²) in [5.74, 6) is 0.344. The van der Waals surface area contributed by atoms with Gasteiger partial charge >= 0.3 is 0 Å². The molecule has 2 N–H and O–H groups in total. The molecule has 0 spiro atoms. The van der Waals surface area contributed by atoms with Crippen molar-refractivity contribution in [3.05, 3.63) is 40.3 Å². The standard InChI is InChI=1S/C19H24N4O2S/c24-18(17-13-26-19(22-17)14-5-7-20-8-6-14)21-15-1-3-16(4-2-15)23-9-11-25-12-10-23/h1-4,13-14,20H,5-12H2,(H,21,24). The van der Waals surface area contributed by atoms with Crippen molar-refractivity contribution in [1.29, 1.82) is 0 Å². The molecule has 3 heterocycles. The van der Waals surface area contributed by atoms with Crippen LogP contribution < -0.4 is 15.5 Å². The van der Waals surface area contributed by atoms with Gasteiger partial charge in [0.05, 0.1) is 18.2 Å². The van der Waals surface area contributed by atoms with Gasteiger partial charge in [-0.15, -0.1) is 11.3 Å². The van der Waals surface area contributed by atoms with Gasteiger partial charge in [-0.05, 0) is 50.2 Å². The second-order valence-electron chi connectivity index (χ2n) is 6.70. The number of carbonyl (C=O) groups excluding carboxylic acids is 1. The van der Waals surface area contributed by atoms with E-state index in [1.54, 1.807) is 11.3 Å². The molecule has 2 fully saturated rings. The number of nitrogens with one attached hydrogen (secondary N) is 2. The average Bonchev–Trinajstić information content (AvgIpc) is 3.20. The number of amides is 1. The molecule has 0 aliphatic carbocycles. The topological polar surface area (TPSA) is 66.5 Å². The highest BCUT2D eigenvalue weighted by Gasteiger charge is 2.20. The van der Waals surface area contributed by atoms with E-state index < -0.39 is 0 Å². The molecule has 1 aromatic heterocycles. The minimum absolute atomic E-state index is 0.138. The lowest BCUT2D eigenvalue weighted by molar-refractivity contribution is 0.102. The number of hydrogen-bond donors (Lipinski definition) is 2. The lowest BCUT2D eigenvalue weighted by Crippen LogP contribution is -2.36. The van der Waals surface area contributed by atoms with Gasteiger partial charge in [0.25, 0.3) is 5.91 Å². The van der Waals surface area contributed by atoms with Gasteiger partial charge in [-0.2, -0.15) is 0 Å². The molecule has 0 saturated carbocycles. The molecular formula is C19H24N4O2S. The van der Waals surface area contributed by atoms with Crippen molar-refractivity contribution >= 4 is 28.6 Å². The number of morpholine rings is 1. The molecule has 138 valence electrons. The molecule has 0 unspecified atom stereocenters. The van der Waals surface area contributed by atoms with Gasteiger partial charge in [-0.3, -0.25) is 4.79 Å². The molecule has 2 saturated heterocycles. The highest BCUT2D eigenvalue weighted by molar-refractivity contribution is 7.09. The van der Waals surface area contributed by atoms with Gasteiger partial charge in [0, 0.05) is 35.8 Å². The maximum atomic E-state index is 12.5. The second-order valence-corrected chi connectivity index (χ2v) is 7.59. The van der Waals surface area contributed by atoms with Crippen molar-refractivity contribution in [3.8, 4) is 0 Å². The average molecular weight is 372 g/mol. The monoisotopic (exact) mass is 372 g/mol. The van der Waals surface area contributed by atoms with Crippen LogP contribution in [0.15, 0.2) is 29.6 Å². The van der Waals surface area contributed by atoms with Crippen LogP contribution in [0.25, 0.3) is 0 Å². The number of thiazole rings is 1. The first-order valence-electron chi connectivity index (χ1n) is 9.20. The van der Waals surface area contributed by atoms with Crippen LogP contribution in [0.4, 0.5) is 11.4 Å². The summed E-state index contributed by atoms with van der Waals surface area (Å²) in [5.41, 5.74) is 2.47. The van der Waals surface area contributed by atoms with Crippen molar-refractivity contribution in [2.45, 2.75) is 18.8 Å². The lowest BCUT2D eigenvalue weighted by Gasteiger charge is -2.28. The lowest BCUT2D eigenvalue weighted by atomic mass is 9.99. The zero-order valence-corrected chi connectivity index (χ0v) is 15.6. The molecule has 2 aliphatic heterocycles. The number of piperidine rings is 1. The molecule has 7 heteroatoms. The van der Waals surface area contributed by atoms with Crippen molar-refractivity contribution < 1.29 is 9.53 Å². The molecule has 2 aliphatic rings. The van der Waals surface area contributed by atoms with Gasteiger partial charge < -0.3 is 20.3 Å². The first-order chi connectivity index (χ1) is 12.8. The number of aromatic nitrogens is 1. The van der Waals surface area contributed by atoms with Crippen LogP contribution in [0, 0.1) is 0 Å². The van der Waals surface area contributed by atoms with E-state index in [0.29, 0.717) is 11.6 Å². The normalized spacial score (nSPS) is 18.7. The van der Waals surface area contributed by atoms with E-state index in [2.05, 4.69) is 20.5 Å². The predicted octanol–water partition coefficient (Wildman–Crippen LogP) is 2.70. The summed E-state index contributed by atoms with van der Waals surface area (Å²) in [6.45, 7) is 5.40. The summed E-state index contributed by atoms with van der Waals surface area (Å²) in [6.07, 6.45) is 2.19. The first-order valence-corrected chi connectivity index (χ1v) is 10.1. The molecule has 1 amide bonds. The van der Waals surface area contributed by atoms with Crippen LogP contribution in [0.1, 0.15) is 34.3 Å². The Bertz CT molecular complexity index is 734. The second kappa shape index (κ2) is 8.16. The Balaban J connectivity index is 1.37. The van der Waals surface area contributed by atoms with Gasteiger partial charge in [0.2, 0.25) is 0 Å². The predicted molar refractivity (Wildman–Crippen MR) is 104 cm³/mol. The Morgan fingerprint density at radius 2 is 1.92 bits per heavy atom. The fourth-order valence-electron chi connectivity index (χ4n) is 3.42. The fraction of sp³-hybridized carbons (Fsp3) is 0.474. The smallest absolute Gasteiger partial charge is 0.275 e. The van der Waals surface area contributed by atoms with Gasteiger partial charge in [0.1, 0.15) is 5.69 Å². The molecule has 0 atom stereocenters. The summed E-state index contributed by atoms with van der Waals surface area (Å²) in [7, 11) is 0. The Morgan fingerprint density at radius 3 is 2.65 bits per heavy atom. The Hall–Kier alpha value is -1.96. The van der Waals surface area contributed by atoms with E-state index in [1.165, 1.54) is 0 Å². The van der Waals surface area contributed by atoms with E-state index in [-0.39, 0.29) is 5.91 Å². The van der Waals surface area contributed by atoms with Crippen molar-refractivity contribution in [1.82, 2.24) is 10.3 Å². The molecule has 4 rings (SSSR count). The third-order valence-electron chi connectivity index (χ3n) is 4.94. The number of carbonyl (C=O) groups is 1. The number of benzene rings is 1. The molecule has 0 radical (unpaired) electrons. The first kappa shape index (κ1) is 17.5. The van der Waals surface area contributed by atoms with E-state index >= 15 is 0 Å². The summed E-state index contributed by atoms with van der Waals surface area (Å²) in [6, 6.07) is 7.98. The van der Waals surface area contributed by atoms with E-state index in [4.69, 9.17) is 4.74 Å². The van der Waals surface area contributed by atoms with Crippen molar-refractivity contribution in [3.63, 3.8) is 0 Å². The number of ether oxygens (including phenoxy) is 1. The molecular weight excluding hydrogens is 348 g/mol. The molecule has 0 bridgehead atoms. The van der Waals surface area contributed by atoms with Gasteiger partial charge in [-0.1, -0.05) is 0 Å². The van der Waals surface area contributed by atoms with Crippen molar-refractivity contribution in [2.75, 3.05) is 49.6 Å². The van der Waals surface area contributed by atoms with Gasteiger partial charge in [0.15, 0.2) is 0 Å². The number of nitrogens with zero attached hydrogens (tertiary/aromatic N) is 2. The number of rotatable bonds is 4. The summed E-state index contributed by atoms with van der Waals surface area (Å²) >= 11 is 1.60. The SMILES string of the molecule is O=C(Nc1ccc(N2CCOCC2)cc1)c1csc(C2CCNCC2)n1. The number of hydrogen-bond acceptors (Lipinski definition) is 6. The van der Waals surface area contributed by atoms with Crippen LogP contribution in [0.5, 0.6) is 0 Å². The van der Waals surface area contributed by atoms with Crippen LogP contribution in [-0.2, 0) is 4.74 Å². The van der Waals surface area contributed by atoms with Crippen LogP contribution in [0.3, 0.4) is 0 Å². The maximum Gasteiger partial charge on any atom is 0.275 e. The van der Waals surface area contributed by atoms with Crippen LogP contribution in [0.2, 0.25) is 0 Å². The maximum absolute atomic E-state index is 12.5. The minimum atomic E-state index is -0.138. The zero-order chi connectivity index (χ0) is 17.8. The number of anilines is 2. The molecule has 1 aromatic carbocycles. The van der Waals surface area contributed by atoms with Crippen molar-refractivity contribution in [2.24, 2.45) is 0 Å². The Morgan fingerprint density at radius 1 is 1.19 bits per heavy atom. The Kier molecular flexibility index (Phi) is 5.48. The van der Waals surface area contributed by atoms with E-state index in [1.807, 2.05) is 29.6 Å². The van der Waals surface area contributed by atoms with Crippen LogP contribution >= 0.6 is 11.3 Å². The molecule has 26 heavy (non-hydrogen) atoms. The Labute approximate surface area is 157 Å². The summed E-state index contributed by atoms with van der Waals surface area (Å²) < 4.78 is 5.38. The van der Waals surface area contributed by atoms with E-state index in [9.17, 15) is 4.79 Å². The highest BCUT2D eigenvalue weighted by atomic mass is 32.1. The third kappa shape index (κ3) is 4.06. The summed E-state index contributed by atoms with van der Waals surface area (Å²) in [5, 5.41) is 9.27. The quantitative estimate of drug-likeness (QED) is 0.864. The molecule has 6 nitrogen and oxygen atoms in total. The third-order valence-corrected chi connectivity index (χ3v) is 5.95.